The number of benzene rings is 2. The van der Waals surface area contributed by atoms with Crippen molar-refractivity contribution >= 4 is 5.91 Å². The molecule has 29 heavy (non-hydrogen) atoms. The third-order valence-electron chi connectivity index (χ3n) is 6.50. The average molecular weight is 397 g/mol. The van der Waals surface area contributed by atoms with Gasteiger partial charge in [-0.25, -0.2) is 4.39 Å². The smallest absolute Gasteiger partial charge is 0.249 e. The van der Waals surface area contributed by atoms with Gasteiger partial charge in [0.2, 0.25) is 5.91 Å². The maximum Gasteiger partial charge on any atom is 0.249 e. The molecule has 2 aliphatic heterocycles. The number of hydrogen-bond acceptors (Lipinski definition) is 3. The Balaban J connectivity index is 1.55. The zero-order valence-electron chi connectivity index (χ0n) is 17.4. The highest BCUT2D eigenvalue weighted by molar-refractivity contribution is 5.78. The first-order valence-electron chi connectivity index (χ1n) is 10.3. The van der Waals surface area contributed by atoms with Crippen molar-refractivity contribution in [3.63, 3.8) is 0 Å². The number of aryl methyl sites for hydroxylation is 2. The first-order chi connectivity index (χ1) is 14.0. The van der Waals surface area contributed by atoms with E-state index in [0.717, 1.165) is 25.2 Å². The van der Waals surface area contributed by atoms with Gasteiger partial charge in [-0.3, -0.25) is 9.69 Å². The van der Waals surface area contributed by atoms with Crippen LogP contribution in [0, 0.1) is 31.5 Å². The van der Waals surface area contributed by atoms with Crippen LogP contribution in [0.4, 0.5) is 4.39 Å². The van der Waals surface area contributed by atoms with Gasteiger partial charge in [0.1, 0.15) is 12.4 Å². The van der Waals surface area contributed by atoms with Crippen molar-refractivity contribution in [2.24, 2.45) is 11.8 Å². The standard InChI is InChI=1S/C24H29FN2O2/c1-16-7-8-18(9-17(16)2)11-26-12-20-13-27(23(28)15-29-3)24(22(20)14-26)19-5-4-6-21(25)10-19/h4-10,20,22,24H,11-15H2,1-3H3/t20-,22-,24+/m1/s1. The van der Waals surface area contributed by atoms with E-state index in [0.29, 0.717) is 18.4 Å². The number of carbonyl (C=O) groups is 1. The second kappa shape index (κ2) is 8.25. The Morgan fingerprint density at radius 2 is 1.93 bits per heavy atom. The van der Waals surface area contributed by atoms with Crippen molar-refractivity contribution in [3.05, 3.63) is 70.5 Å². The third-order valence-corrected chi connectivity index (χ3v) is 6.50. The molecule has 2 aliphatic rings. The maximum atomic E-state index is 13.9. The molecule has 154 valence electrons. The summed E-state index contributed by atoms with van der Waals surface area (Å²) in [6.45, 7) is 7.84. The Morgan fingerprint density at radius 3 is 2.66 bits per heavy atom. The molecule has 0 bridgehead atoms. The van der Waals surface area contributed by atoms with Gasteiger partial charge in [-0.2, -0.15) is 0 Å². The number of carbonyl (C=O) groups excluding carboxylic acids is 1. The van der Waals surface area contributed by atoms with Crippen LogP contribution in [0.25, 0.3) is 0 Å². The zero-order valence-corrected chi connectivity index (χ0v) is 17.4. The summed E-state index contributed by atoms with van der Waals surface area (Å²) < 4.78 is 19.0. The second-order valence-electron chi connectivity index (χ2n) is 8.52. The van der Waals surface area contributed by atoms with Gasteiger partial charge < -0.3 is 9.64 Å². The summed E-state index contributed by atoms with van der Waals surface area (Å²) in [4.78, 5) is 17.1. The molecule has 3 atom stereocenters. The minimum atomic E-state index is -0.255. The minimum Gasteiger partial charge on any atom is -0.375 e. The van der Waals surface area contributed by atoms with Crippen molar-refractivity contribution < 1.29 is 13.9 Å². The van der Waals surface area contributed by atoms with Gasteiger partial charge in [0.25, 0.3) is 0 Å². The third kappa shape index (κ3) is 4.07. The number of halogens is 1. The van der Waals surface area contributed by atoms with E-state index in [4.69, 9.17) is 4.74 Å². The number of hydrogen-bond donors (Lipinski definition) is 0. The Labute approximate surface area is 172 Å². The zero-order chi connectivity index (χ0) is 20.5. The van der Waals surface area contributed by atoms with Gasteiger partial charge in [0.15, 0.2) is 0 Å². The van der Waals surface area contributed by atoms with Gasteiger partial charge in [-0.15, -0.1) is 0 Å². The van der Waals surface area contributed by atoms with Crippen LogP contribution in [0.3, 0.4) is 0 Å². The van der Waals surface area contributed by atoms with Crippen molar-refractivity contribution in [2.75, 3.05) is 33.4 Å². The molecule has 0 unspecified atom stereocenters. The van der Waals surface area contributed by atoms with Gasteiger partial charge >= 0.3 is 0 Å². The predicted molar refractivity (Wildman–Crippen MR) is 111 cm³/mol. The number of ether oxygens (including phenoxy) is 1. The largest absolute Gasteiger partial charge is 0.375 e. The lowest BCUT2D eigenvalue weighted by atomic mass is 9.89. The fourth-order valence-corrected chi connectivity index (χ4v) is 5.01. The monoisotopic (exact) mass is 396 g/mol. The van der Waals surface area contributed by atoms with Crippen LogP contribution in [0.5, 0.6) is 0 Å². The average Bonchev–Trinajstić information content (AvgIpc) is 3.22. The highest BCUT2D eigenvalue weighted by Gasteiger charge is 2.48. The molecule has 5 heteroatoms. The SMILES string of the molecule is COCC(=O)N1C[C@H]2CN(Cc3ccc(C)c(C)c3)C[C@H]2[C@@H]1c1cccc(F)c1. The summed E-state index contributed by atoms with van der Waals surface area (Å²) in [5.41, 5.74) is 4.83. The highest BCUT2D eigenvalue weighted by atomic mass is 19.1. The molecule has 0 saturated carbocycles. The van der Waals surface area contributed by atoms with Crippen molar-refractivity contribution in [1.29, 1.82) is 0 Å². The van der Waals surface area contributed by atoms with E-state index in [1.54, 1.807) is 12.1 Å². The van der Waals surface area contributed by atoms with Crippen molar-refractivity contribution in [1.82, 2.24) is 9.80 Å². The molecule has 0 aromatic heterocycles. The van der Waals surface area contributed by atoms with Crippen LogP contribution < -0.4 is 0 Å². The summed E-state index contributed by atoms with van der Waals surface area (Å²) >= 11 is 0. The Morgan fingerprint density at radius 1 is 1.10 bits per heavy atom. The van der Waals surface area contributed by atoms with E-state index in [9.17, 15) is 9.18 Å². The maximum absolute atomic E-state index is 13.9. The summed E-state index contributed by atoms with van der Waals surface area (Å²) in [6, 6.07) is 13.3. The lowest BCUT2D eigenvalue weighted by molar-refractivity contribution is -0.136. The molecule has 4 nitrogen and oxygen atoms in total. The number of nitrogens with zero attached hydrogens (tertiary/aromatic N) is 2. The van der Waals surface area contributed by atoms with E-state index in [1.807, 2.05) is 11.0 Å². The molecule has 1 amide bonds. The van der Waals surface area contributed by atoms with Crippen molar-refractivity contribution in [2.45, 2.75) is 26.4 Å². The van der Waals surface area contributed by atoms with Crippen LogP contribution in [0.15, 0.2) is 42.5 Å². The molecule has 2 heterocycles. The summed E-state index contributed by atoms with van der Waals surface area (Å²) in [5.74, 6) is 0.437. The predicted octanol–water partition coefficient (Wildman–Crippen LogP) is 3.72. The summed E-state index contributed by atoms with van der Waals surface area (Å²) in [5, 5.41) is 0. The van der Waals surface area contributed by atoms with E-state index < -0.39 is 0 Å². The molecule has 0 aliphatic carbocycles. The molecule has 2 aromatic carbocycles. The van der Waals surface area contributed by atoms with E-state index >= 15 is 0 Å². The molecule has 2 saturated heterocycles. The normalized spacial score (nSPS) is 24.1. The lowest BCUT2D eigenvalue weighted by Gasteiger charge is -2.30. The second-order valence-corrected chi connectivity index (χ2v) is 8.52. The molecule has 0 spiro atoms. The topological polar surface area (TPSA) is 32.8 Å². The molecule has 2 aromatic rings. The van der Waals surface area contributed by atoms with E-state index in [-0.39, 0.29) is 24.4 Å². The van der Waals surface area contributed by atoms with E-state index in [1.165, 1.54) is 29.9 Å². The molecule has 0 N–H and O–H groups in total. The van der Waals surface area contributed by atoms with Crippen LogP contribution in [0.1, 0.15) is 28.3 Å². The number of amides is 1. The Hall–Kier alpha value is -2.24. The highest BCUT2D eigenvalue weighted by Crippen LogP contribution is 2.45. The number of methoxy groups -OCH3 is 1. The number of fused-ring (bicyclic) bond motifs is 1. The first-order valence-corrected chi connectivity index (χ1v) is 10.3. The molecular weight excluding hydrogens is 367 g/mol. The number of likely N-dealkylation sites (tertiary alicyclic amines) is 2. The fraction of sp³-hybridized carbons (Fsp3) is 0.458. The van der Waals surface area contributed by atoms with Gasteiger partial charge in [0.05, 0.1) is 6.04 Å². The Bertz CT molecular complexity index is 900. The molecule has 0 radical (unpaired) electrons. The van der Waals surface area contributed by atoms with Crippen molar-refractivity contribution in [3.8, 4) is 0 Å². The molecular formula is C24H29FN2O2. The lowest BCUT2D eigenvalue weighted by Crippen LogP contribution is -2.37. The summed E-state index contributed by atoms with van der Waals surface area (Å²) in [7, 11) is 1.54. The van der Waals surface area contributed by atoms with E-state index in [2.05, 4.69) is 36.9 Å². The van der Waals surface area contributed by atoms with Crippen LogP contribution >= 0.6 is 0 Å². The molecule has 4 rings (SSSR count). The number of rotatable bonds is 5. The van der Waals surface area contributed by atoms with Crippen LogP contribution in [-0.4, -0.2) is 49.1 Å². The quantitative estimate of drug-likeness (QED) is 0.772. The Kier molecular flexibility index (Phi) is 5.70. The fourth-order valence-electron chi connectivity index (χ4n) is 5.01. The van der Waals surface area contributed by atoms with Crippen LogP contribution in [0.2, 0.25) is 0 Å². The molecule has 2 fully saturated rings. The summed E-state index contributed by atoms with van der Waals surface area (Å²) in [6.07, 6.45) is 0. The van der Waals surface area contributed by atoms with Gasteiger partial charge in [-0.05, 0) is 54.2 Å². The first kappa shape index (κ1) is 20.0. The van der Waals surface area contributed by atoms with Crippen LogP contribution in [-0.2, 0) is 16.1 Å². The minimum absolute atomic E-state index is 0.0168. The van der Waals surface area contributed by atoms with Gasteiger partial charge in [0, 0.05) is 39.2 Å². The van der Waals surface area contributed by atoms with Gasteiger partial charge in [-0.1, -0.05) is 30.3 Å².